The molecular formula is C17H16F3N5. The van der Waals surface area contributed by atoms with Gasteiger partial charge in [-0.25, -0.2) is 9.97 Å². The van der Waals surface area contributed by atoms with Crippen molar-refractivity contribution in [1.82, 2.24) is 9.97 Å². The van der Waals surface area contributed by atoms with Gasteiger partial charge in [0.2, 0.25) is 0 Å². The van der Waals surface area contributed by atoms with Gasteiger partial charge in [0.15, 0.2) is 0 Å². The minimum Gasteiger partial charge on any atom is -0.368 e. The first kappa shape index (κ1) is 17.0. The first-order valence-corrected chi connectivity index (χ1v) is 7.79. The van der Waals surface area contributed by atoms with E-state index in [0.29, 0.717) is 37.7 Å². The number of anilines is 2. The normalized spacial score (nSPS) is 15.2. The van der Waals surface area contributed by atoms with Crippen LogP contribution in [0.1, 0.15) is 17.0 Å². The second-order valence-corrected chi connectivity index (χ2v) is 5.78. The maximum Gasteiger partial charge on any atom is 0.417 e. The maximum absolute atomic E-state index is 13.1. The van der Waals surface area contributed by atoms with Crippen molar-refractivity contribution in [2.24, 2.45) is 0 Å². The fourth-order valence-electron chi connectivity index (χ4n) is 2.87. The molecule has 1 aromatic carbocycles. The van der Waals surface area contributed by atoms with Crippen LogP contribution in [0.25, 0.3) is 0 Å². The van der Waals surface area contributed by atoms with Gasteiger partial charge in [-0.15, -0.1) is 0 Å². The van der Waals surface area contributed by atoms with E-state index in [2.05, 4.69) is 14.9 Å². The minimum absolute atomic E-state index is 0.355. The van der Waals surface area contributed by atoms with Crippen molar-refractivity contribution in [1.29, 1.82) is 5.26 Å². The fourth-order valence-corrected chi connectivity index (χ4v) is 2.87. The van der Waals surface area contributed by atoms with Crippen LogP contribution in [-0.2, 0) is 6.18 Å². The van der Waals surface area contributed by atoms with Crippen LogP contribution in [0.4, 0.5) is 24.7 Å². The van der Waals surface area contributed by atoms with Crippen LogP contribution in [0, 0.1) is 18.3 Å². The van der Waals surface area contributed by atoms with Crippen LogP contribution in [0.2, 0.25) is 0 Å². The highest BCUT2D eigenvalue weighted by Gasteiger charge is 2.34. The Kier molecular flexibility index (Phi) is 4.49. The van der Waals surface area contributed by atoms with E-state index >= 15 is 0 Å². The number of hydrogen-bond donors (Lipinski definition) is 0. The Balaban J connectivity index is 1.76. The second kappa shape index (κ2) is 6.59. The number of hydrogen-bond acceptors (Lipinski definition) is 5. The van der Waals surface area contributed by atoms with E-state index in [4.69, 9.17) is 5.26 Å². The quantitative estimate of drug-likeness (QED) is 0.836. The molecule has 25 heavy (non-hydrogen) atoms. The molecule has 0 spiro atoms. The van der Waals surface area contributed by atoms with Crippen molar-refractivity contribution < 1.29 is 13.2 Å². The third kappa shape index (κ3) is 3.65. The van der Waals surface area contributed by atoms with Crippen molar-refractivity contribution >= 4 is 11.5 Å². The number of benzene rings is 1. The number of alkyl halides is 3. The molecule has 0 unspecified atom stereocenters. The molecule has 0 bridgehead atoms. The zero-order valence-electron chi connectivity index (χ0n) is 13.6. The molecule has 3 rings (SSSR count). The second-order valence-electron chi connectivity index (χ2n) is 5.78. The van der Waals surface area contributed by atoms with Crippen molar-refractivity contribution in [2.45, 2.75) is 13.1 Å². The predicted octanol–water partition coefficient (Wildman–Crippen LogP) is 3.00. The Labute approximate surface area is 143 Å². The van der Waals surface area contributed by atoms with E-state index in [9.17, 15) is 13.2 Å². The molecule has 2 heterocycles. The average molecular weight is 347 g/mol. The number of aromatic nitrogens is 2. The van der Waals surface area contributed by atoms with Gasteiger partial charge in [0.1, 0.15) is 11.6 Å². The molecule has 1 saturated heterocycles. The van der Waals surface area contributed by atoms with Crippen molar-refractivity contribution in [3.8, 4) is 6.07 Å². The summed E-state index contributed by atoms with van der Waals surface area (Å²) in [6.07, 6.45) is -2.85. The third-order valence-corrected chi connectivity index (χ3v) is 4.16. The highest BCUT2D eigenvalue weighted by Crippen LogP contribution is 2.34. The molecule has 0 N–H and O–H groups in total. The van der Waals surface area contributed by atoms with Crippen LogP contribution in [-0.4, -0.2) is 36.1 Å². The van der Waals surface area contributed by atoms with Gasteiger partial charge in [-0.05, 0) is 31.2 Å². The highest BCUT2D eigenvalue weighted by atomic mass is 19.4. The highest BCUT2D eigenvalue weighted by molar-refractivity contribution is 5.56. The monoisotopic (exact) mass is 347 g/mol. The SMILES string of the molecule is Cc1nccc(N2CCN(c3ccc(C#N)c(C(F)(F)F)c3)CC2)n1. The number of nitriles is 1. The molecule has 2 aromatic rings. The van der Waals surface area contributed by atoms with Gasteiger partial charge in [0.25, 0.3) is 0 Å². The Morgan fingerprint density at radius 1 is 1.08 bits per heavy atom. The number of nitrogens with zero attached hydrogens (tertiary/aromatic N) is 5. The van der Waals surface area contributed by atoms with E-state index in [-0.39, 0.29) is 5.56 Å². The average Bonchev–Trinajstić information content (AvgIpc) is 2.60. The van der Waals surface area contributed by atoms with Crippen molar-refractivity contribution in [3.63, 3.8) is 0 Å². The Morgan fingerprint density at radius 2 is 1.76 bits per heavy atom. The maximum atomic E-state index is 13.1. The van der Waals surface area contributed by atoms with Gasteiger partial charge in [-0.3, -0.25) is 0 Å². The van der Waals surface area contributed by atoms with Gasteiger partial charge >= 0.3 is 6.18 Å². The zero-order chi connectivity index (χ0) is 18.0. The van der Waals surface area contributed by atoms with Crippen LogP contribution < -0.4 is 9.80 Å². The van der Waals surface area contributed by atoms with Gasteiger partial charge < -0.3 is 9.80 Å². The smallest absolute Gasteiger partial charge is 0.368 e. The number of halogens is 3. The number of rotatable bonds is 2. The van der Waals surface area contributed by atoms with E-state index in [1.54, 1.807) is 18.3 Å². The third-order valence-electron chi connectivity index (χ3n) is 4.16. The molecule has 8 heteroatoms. The van der Waals surface area contributed by atoms with Crippen LogP contribution in [0.15, 0.2) is 30.5 Å². The molecule has 1 aliphatic rings. The predicted molar refractivity (Wildman–Crippen MR) is 87.4 cm³/mol. The molecule has 0 radical (unpaired) electrons. The van der Waals surface area contributed by atoms with Gasteiger partial charge in [0.05, 0.1) is 17.2 Å². The zero-order valence-corrected chi connectivity index (χ0v) is 13.6. The van der Waals surface area contributed by atoms with Gasteiger partial charge in [-0.1, -0.05) is 0 Å². The summed E-state index contributed by atoms with van der Waals surface area (Å²) in [5, 5.41) is 8.88. The lowest BCUT2D eigenvalue weighted by molar-refractivity contribution is -0.137. The summed E-state index contributed by atoms with van der Waals surface area (Å²) >= 11 is 0. The fraction of sp³-hybridized carbons (Fsp3) is 0.353. The molecule has 0 atom stereocenters. The summed E-state index contributed by atoms with van der Waals surface area (Å²) < 4.78 is 39.3. The lowest BCUT2D eigenvalue weighted by Gasteiger charge is -2.37. The molecule has 5 nitrogen and oxygen atoms in total. The van der Waals surface area contributed by atoms with E-state index < -0.39 is 11.7 Å². The Morgan fingerprint density at radius 3 is 2.36 bits per heavy atom. The van der Waals surface area contributed by atoms with Gasteiger partial charge in [-0.2, -0.15) is 18.4 Å². The number of aryl methyl sites for hydroxylation is 1. The standard InChI is InChI=1S/C17H16F3N5/c1-12-22-5-4-16(23-12)25-8-6-24(7-9-25)14-3-2-13(11-21)15(10-14)17(18,19)20/h2-5,10H,6-9H2,1H3. The molecule has 1 aliphatic heterocycles. The summed E-state index contributed by atoms with van der Waals surface area (Å²) in [6.45, 7) is 4.27. The topological polar surface area (TPSA) is 56.1 Å². The largest absolute Gasteiger partial charge is 0.417 e. The first-order valence-electron chi connectivity index (χ1n) is 7.79. The number of piperazine rings is 1. The summed E-state index contributed by atoms with van der Waals surface area (Å²) in [7, 11) is 0. The molecule has 0 amide bonds. The summed E-state index contributed by atoms with van der Waals surface area (Å²) in [5.41, 5.74) is -0.766. The Hall–Kier alpha value is -2.82. The van der Waals surface area contributed by atoms with Crippen LogP contribution in [0.3, 0.4) is 0 Å². The lowest BCUT2D eigenvalue weighted by atomic mass is 10.1. The molecule has 0 saturated carbocycles. The summed E-state index contributed by atoms with van der Waals surface area (Å²) in [6, 6.07) is 7.29. The minimum atomic E-state index is -4.54. The molecule has 130 valence electrons. The molecule has 1 aromatic heterocycles. The van der Waals surface area contributed by atoms with Crippen LogP contribution in [0.5, 0.6) is 0 Å². The van der Waals surface area contributed by atoms with Gasteiger partial charge in [0, 0.05) is 38.1 Å². The molecule has 1 fully saturated rings. The molecular weight excluding hydrogens is 331 g/mol. The summed E-state index contributed by atoms with van der Waals surface area (Å²) in [4.78, 5) is 12.4. The van der Waals surface area contributed by atoms with Crippen molar-refractivity contribution in [2.75, 3.05) is 36.0 Å². The Bertz CT molecular complexity index is 805. The summed E-state index contributed by atoms with van der Waals surface area (Å²) in [5.74, 6) is 1.50. The molecule has 0 aliphatic carbocycles. The lowest BCUT2D eigenvalue weighted by Crippen LogP contribution is -2.47. The van der Waals surface area contributed by atoms with E-state index in [1.165, 1.54) is 6.07 Å². The van der Waals surface area contributed by atoms with Crippen molar-refractivity contribution in [3.05, 3.63) is 47.4 Å². The van der Waals surface area contributed by atoms with Crippen LogP contribution >= 0.6 is 0 Å². The van der Waals surface area contributed by atoms with E-state index in [0.717, 1.165) is 11.9 Å². The first-order chi connectivity index (χ1) is 11.9. The van der Waals surface area contributed by atoms with E-state index in [1.807, 2.05) is 17.9 Å².